The van der Waals surface area contributed by atoms with Gasteiger partial charge in [0, 0.05) is 19.7 Å². The Kier molecular flexibility index (Phi) is 6.04. The highest BCUT2D eigenvalue weighted by Crippen LogP contribution is 2.14. The Morgan fingerprint density at radius 3 is 2.74 bits per heavy atom. The van der Waals surface area contributed by atoms with Crippen molar-refractivity contribution in [3.63, 3.8) is 0 Å². The van der Waals surface area contributed by atoms with E-state index in [0.29, 0.717) is 6.54 Å². The van der Waals surface area contributed by atoms with Gasteiger partial charge in [0.25, 0.3) is 0 Å². The van der Waals surface area contributed by atoms with Crippen LogP contribution in [0.2, 0.25) is 0 Å². The number of amides is 2. The fraction of sp³-hybridized carbons (Fsp3) is 0.833. The molecule has 0 radical (unpaired) electrons. The topological polar surface area (TPSA) is 108 Å². The molecule has 0 saturated carbocycles. The lowest BCUT2D eigenvalue weighted by Crippen LogP contribution is -2.46. The van der Waals surface area contributed by atoms with Gasteiger partial charge < -0.3 is 25.6 Å². The summed E-state index contributed by atoms with van der Waals surface area (Å²) in [6.45, 7) is 2.55. The first-order valence-corrected chi connectivity index (χ1v) is 6.46. The van der Waals surface area contributed by atoms with Crippen molar-refractivity contribution in [1.29, 1.82) is 0 Å². The number of aliphatic carboxylic acids is 1. The first kappa shape index (κ1) is 15.7. The van der Waals surface area contributed by atoms with E-state index in [9.17, 15) is 14.7 Å². The van der Waals surface area contributed by atoms with Gasteiger partial charge in [-0.1, -0.05) is 0 Å². The highest BCUT2D eigenvalue weighted by molar-refractivity contribution is 5.74. The summed E-state index contributed by atoms with van der Waals surface area (Å²) in [7, 11) is 0. The molecule has 0 aliphatic carbocycles. The molecule has 7 nitrogen and oxygen atoms in total. The highest BCUT2D eigenvalue weighted by atomic mass is 16.5. The first-order chi connectivity index (χ1) is 8.89. The molecule has 4 N–H and O–H groups in total. The number of aliphatic hydroxyl groups is 1. The van der Waals surface area contributed by atoms with E-state index in [0.717, 1.165) is 25.9 Å². The van der Waals surface area contributed by atoms with Gasteiger partial charge >= 0.3 is 12.0 Å². The van der Waals surface area contributed by atoms with Crippen molar-refractivity contribution in [1.82, 2.24) is 10.6 Å². The van der Waals surface area contributed by atoms with Crippen molar-refractivity contribution in [3.05, 3.63) is 0 Å². The van der Waals surface area contributed by atoms with Crippen LogP contribution in [0.15, 0.2) is 0 Å². The smallest absolute Gasteiger partial charge is 0.314 e. The van der Waals surface area contributed by atoms with Crippen LogP contribution in [0.1, 0.15) is 32.6 Å². The number of carboxylic acids is 1. The van der Waals surface area contributed by atoms with Crippen LogP contribution < -0.4 is 10.6 Å². The van der Waals surface area contributed by atoms with E-state index in [2.05, 4.69) is 10.6 Å². The minimum Gasteiger partial charge on any atom is -0.481 e. The molecule has 0 spiro atoms. The average Bonchev–Trinajstić information content (AvgIpc) is 2.78. The quantitative estimate of drug-likeness (QED) is 0.526. The summed E-state index contributed by atoms with van der Waals surface area (Å²) in [6, 6.07) is -0.413. The number of hydrogen-bond acceptors (Lipinski definition) is 4. The molecule has 1 saturated heterocycles. The van der Waals surface area contributed by atoms with E-state index >= 15 is 0 Å². The Hall–Kier alpha value is -1.34. The van der Waals surface area contributed by atoms with Crippen molar-refractivity contribution in [3.8, 4) is 0 Å². The molecule has 1 aliphatic rings. The third kappa shape index (κ3) is 6.97. The summed E-state index contributed by atoms with van der Waals surface area (Å²) in [5, 5.41) is 23.4. The number of carbonyl (C=O) groups is 2. The van der Waals surface area contributed by atoms with E-state index in [1.807, 2.05) is 0 Å². The normalized spacial score (nSPS) is 21.7. The summed E-state index contributed by atoms with van der Waals surface area (Å²) >= 11 is 0. The monoisotopic (exact) mass is 274 g/mol. The molecule has 110 valence electrons. The van der Waals surface area contributed by atoms with Gasteiger partial charge in [0.05, 0.1) is 18.1 Å². The Morgan fingerprint density at radius 1 is 1.42 bits per heavy atom. The van der Waals surface area contributed by atoms with Crippen LogP contribution >= 0.6 is 0 Å². The van der Waals surface area contributed by atoms with Crippen LogP contribution in [-0.4, -0.2) is 53.6 Å². The number of carboxylic acid groups (broad SMARTS) is 1. The van der Waals surface area contributed by atoms with Gasteiger partial charge in [-0.25, -0.2) is 4.79 Å². The number of carbonyl (C=O) groups excluding carboxylic acids is 1. The molecule has 0 bridgehead atoms. The van der Waals surface area contributed by atoms with Crippen LogP contribution in [-0.2, 0) is 9.53 Å². The van der Waals surface area contributed by atoms with E-state index in [-0.39, 0.29) is 12.6 Å². The van der Waals surface area contributed by atoms with E-state index < -0.39 is 24.0 Å². The predicted molar refractivity (Wildman–Crippen MR) is 67.9 cm³/mol. The van der Waals surface area contributed by atoms with E-state index in [1.54, 1.807) is 0 Å². The molecule has 1 rings (SSSR count). The molecular formula is C12H22N2O5. The minimum absolute atomic E-state index is 0.106. The maximum atomic E-state index is 11.4. The summed E-state index contributed by atoms with van der Waals surface area (Å²) in [5.74, 6) is -1.11. The molecule has 19 heavy (non-hydrogen) atoms. The van der Waals surface area contributed by atoms with E-state index in [1.165, 1.54) is 6.92 Å². The number of ether oxygens (including phenoxy) is 1. The Balaban J connectivity index is 2.11. The molecular weight excluding hydrogens is 252 g/mol. The Bertz CT molecular complexity index is 313. The molecule has 1 fully saturated rings. The van der Waals surface area contributed by atoms with Crippen LogP contribution in [0.5, 0.6) is 0 Å². The lowest BCUT2D eigenvalue weighted by Gasteiger charge is -2.21. The van der Waals surface area contributed by atoms with Crippen LogP contribution in [0.25, 0.3) is 0 Å². The fourth-order valence-electron chi connectivity index (χ4n) is 1.94. The van der Waals surface area contributed by atoms with E-state index in [4.69, 9.17) is 9.84 Å². The van der Waals surface area contributed by atoms with Gasteiger partial charge in [-0.15, -0.1) is 0 Å². The Morgan fingerprint density at radius 2 is 2.16 bits per heavy atom. The number of hydrogen-bond donors (Lipinski definition) is 4. The second kappa shape index (κ2) is 7.30. The Labute approximate surface area is 112 Å². The van der Waals surface area contributed by atoms with Crippen LogP contribution in [0, 0.1) is 0 Å². The summed E-state index contributed by atoms with van der Waals surface area (Å²) < 4.78 is 5.42. The highest BCUT2D eigenvalue weighted by Gasteiger charge is 2.24. The largest absolute Gasteiger partial charge is 0.481 e. The first-order valence-electron chi connectivity index (χ1n) is 6.46. The number of nitrogens with one attached hydrogen (secondary N) is 2. The molecule has 2 amide bonds. The summed E-state index contributed by atoms with van der Waals surface area (Å²) in [6.07, 6.45) is 2.66. The number of rotatable bonds is 7. The molecule has 1 aliphatic heterocycles. The van der Waals surface area contributed by atoms with Gasteiger partial charge in [-0.3, -0.25) is 4.79 Å². The summed E-state index contributed by atoms with van der Waals surface area (Å²) in [4.78, 5) is 21.9. The van der Waals surface area contributed by atoms with Crippen molar-refractivity contribution in [2.75, 3.05) is 19.7 Å². The second-order valence-electron chi connectivity index (χ2n) is 5.10. The average molecular weight is 274 g/mol. The molecule has 7 heteroatoms. The van der Waals surface area contributed by atoms with Crippen LogP contribution in [0.4, 0.5) is 4.79 Å². The van der Waals surface area contributed by atoms with Gasteiger partial charge in [0.1, 0.15) is 0 Å². The predicted octanol–water partition coefficient (Wildman–Crippen LogP) is 0.0804. The van der Waals surface area contributed by atoms with Gasteiger partial charge in [-0.2, -0.15) is 0 Å². The van der Waals surface area contributed by atoms with Crippen molar-refractivity contribution in [2.45, 2.75) is 44.3 Å². The second-order valence-corrected chi connectivity index (χ2v) is 5.10. The molecule has 0 aromatic carbocycles. The van der Waals surface area contributed by atoms with Crippen molar-refractivity contribution < 1.29 is 24.5 Å². The third-order valence-electron chi connectivity index (χ3n) is 2.94. The maximum Gasteiger partial charge on any atom is 0.314 e. The van der Waals surface area contributed by atoms with Gasteiger partial charge in [0.15, 0.2) is 0 Å². The molecule has 2 atom stereocenters. The van der Waals surface area contributed by atoms with Crippen molar-refractivity contribution in [2.24, 2.45) is 0 Å². The van der Waals surface area contributed by atoms with Gasteiger partial charge in [-0.05, 0) is 26.2 Å². The SMILES string of the molecule is CC(O)(CNC(=O)NCCC1CCCO1)CC(=O)O. The van der Waals surface area contributed by atoms with Gasteiger partial charge in [0.2, 0.25) is 0 Å². The molecule has 0 aromatic heterocycles. The zero-order chi connectivity index (χ0) is 14.3. The third-order valence-corrected chi connectivity index (χ3v) is 2.94. The van der Waals surface area contributed by atoms with Crippen LogP contribution in [0.3, 0.4) is 0 Å². The maximum absolute atomic E-state index is 11.4. The summed E-state index contributed by atoms with van der Waals surface area (Å²) in [5.41, 5.74) is -1.45. The lowest BCUT2D eigenvalue weighted by molar-refractivity contribution is -0.141. The fourth-order valence-corrected chi connectivity index (χ4v) is 1.94. The molecule has 0 aromatic rings. The zero-order valence-electron chi connectivity index (χ0n) is 11.1. The molecule has 2 unspecified atom stereocenters. The van der Waals surface area contributed by atoms with Crippen molar-refractivity contribution >= 4 is 12.0 Å². The minimum atomic E-state index is -1.45. The number of urea groups is 1. The zero-order valence-corrected chi connectivity index (χ0v) is 11.1. The standard InChI is InChI=1S/C12H22N2O5/c1-12(18,7-10(15)16)8-14-11(17)13-5-4-9-3-2-6-19-9/h9,18H,2-8H2,1H3,(H,15,16)(H2,13,14,17). The molecule has 1 heterocycles. The lowest BCUT2D eigenvalue weighted by atomic mass is 10.0.